The van der Waals surface area contributed by atoms with Crippen molar-refractivity contribution < 1.29 is 0 Å². The van der Waals surface area contributed by atoms with Crippen molar-refractivity contribution in [2.24, 2.45) is 11.8 Å². The molecule has 1 aromatic carbocycles. The molecule has 19 heavy (non-hydrogen) atoms. The lowest BCUT2D eigenvalue weighted by atomic mass is 9.78. The fourth-order valence-electron chi connectivity index (χ4n) is 3.14. The van der Waals surface area contributed by atoms with E-state index in [0.717, 1.165) is 23.8 Å². The van der Waals surface area contributed by atoms with Crippen molar-refractivity contribution >= 4 is 23.2 Å². The van der Waals surface area contributed by atoms with Gasteiger partial charge in [-0.1, -0.05) is 55.1 Å². The van der Waals surface area contributed by atoms with Gasteiger partial charge in [0.25, 0.3) is 0 Å². The molecule has 1 aromatic rings. The van der Waals surface area contributed by atoms with E-state index >= 15 is 0 Å². The molecule has 1 atom stereocenters. The molecule has 1 aliphatic carbocycles. The van der Waals surface area contributed by atoms with Gasteiger partial charge in [0.2, 0.25) is 0 Å². The Hall–Kier alpha value is -0.240. The van der Waals surface area contributed by atoms with Crippen LogP contribution in [0.25, 0.3) is 0 Å². The molecule has 1 fully saturated rings. The minimum Gasteiger partial charge on any atom is -0.316 e. The molecule has 1 unspecified atom stereocenters. The second-order valence-electron chi connectivity index (χ2n) is 5.83. The topological polar surface area (TPSA) is 12.0 Å². The maximum atomic E-state index is 6.30. The van der Waals surface area contributed by atoms with Crippen molar-refractivity contribution in [2.75, 3.05) is 7.05 Å². The number of likely N-dealkylation sites (N-methyl/N-ethyl adjacent to an activating group) is 1. The lowest BCUT2D eigenvalue weighted by Crippen LogP contribution is -2.37. The SMILES string of the molecule is CNC(Cc1cccc(Cl)c1Cl)C1CCC(C)CC1. The first-order valence-corrected chi connectivity index (χ1v) is 7.97. The van der Waals surface area contributed by atoms with Gasteiger partial charge in [-0.25, -0.2) is 0 Å². The summed E-state index contributed by atoms with van der Waals surface area (Å²) < 4.78 is 0. The Morgan fingerprint density at radius 1 is 1.21 bits per heavy atom. The molecule has 0 heterocycles. The Labute approximate surface area is 126 Å². The fraction of sp³-hybridized carbons (Fsp3) is 0.625. The summed E-state index contributed by atoms with van der Waals surface area (Å²) in [5, 5.41) is 4.85. The largest absolute Gasteiger partial charge is 0.316 e. The molecule has 1 nitrogen and oxygen atoms in total. The van der Waals surface area contributed by atoms with Crippen molar-refractivity contribution in [3.8, 4) is 0 Å². The molecule has 0 aromatic heterocycles. The molecule has 0 bridgehead atoms. The summed E-state index contributed by atoms with van der Waals surface area (Å²) in [7, 11) is 2.06. The average Bonchev–Trinajstić information content (AvgIpc) is 2.42. The van der Waals surface area contributed by atoms with Crippen LogP contribution >= 0.6 is 23.2 Å². The number of rotatable bonds is 4. The van der Waals surface area contributed by atoms with Crippen LogP contribution in [0.15, 0.2) is 18.2 Å². The molecular formula is C16H23Cl2N. The zero-order valence-corrected chi connectivity index (χ0v) is 13.3. The predicted molar refractivity (Wildman–Crippen MR) is 84.1 cm³/mol. The van der Waals surface area contributed by atoms with Crippen LogP contribution in [-0.4, -0.2) is 13.1 Å². The molecule has 0 radical (unpaired) electrons. The van der Waals surface area contributed by atoms with Crippen LogP contribution in [0.2, 0.25) is 10.0 Å². The van der Waals surface area contributed by atoms with Gasteiger partial charge in [-0.2, -0.15) is 0 Å². The molecule has 0 aliphatic heterocycles. The van der Waals surface area contributed by atoms with Gasteiger partial charge >= 0.3 is 0 Å². The van der Waals surface area contributed by atoms with E-state index in [0.29, 0.717) is 16.1 Å². The summed E-state index contributed by atoms with van der Waals surface area (Å²) >= 11 is 12.4. The normalized spacial score (nSPS) is 25.3. The first kappa shape index (κ1) is 15.2. The molecule has 0 spiro atoms. The lowest BCUT2D eigenvalue weighted by Gasteiger charge is -2.33. The minimum absolute atomic E-state index is 0.503. The number of halogens is 2. The second kappa shape index (κ2) is 6.97. The predicted octanol–water partition coefficient (Wildman–Crippen LogP) is 4.95. The van der Waals surface area contributed by atoms with Crippen LogP contribution in [0, 0.1) is 11.8 Å². The van der Waals surface area contributed by atoms with Gasteiger partial charge in [0, 0.05) is 6.04 Å². The summed E-state index contributed by atoms with van der Waals surface area (Å²) in [6.07, 6.45) is 6.32. The molecule has 1 N–H and O–H groups in total. The number of hydrogen-bond acceptors (Lipinski definition) is 1. The highest BCUT2D eigenvalue weighted by atomic mass is 35.5. The Balaban J connectivity index is 2.04. The van der Waals surface area contributed by atoms with E-state index in [1.165, 1.54) is 25.7 Å². The molecule has 2 rings (SSSR count). The standard InChI is InChI=1S/C16H23Cl2N/c1-11-6-8-12(9-7-11)15(19-2)10-13-4-3-5-14(17)16(13)18/h3-5,11-12,15,19H,6-10H2,1-2H3. The second-order valence-corrected chi connectivity index (χ2v) is 6.62. The van der Waals surface area contributed by atoms with Gasteiger partial charge in [-0.3, -0.25) is 0 Å². The number of hydrogen-bond donors (Lipinski definition) is 1. The minimum atomic E-state index is 0.503. The van der Waals surface area contributed by atoms with Gasteiger partial charge < -0.3 is 5.32 Å². The molecule has 3 heteroatoms. The maximum Gasteiger partial charge on any atom is 0.0624 e. The zero-order valence-electron chi connectivity index (χ0n) is 11.8. The summed E-state index contributed by atoms with van der Waals surface area (Å²) in [5.74, 6) is 1.65. The van der Waals surface area contributed by atoms with Crippen molar-refractivity contribution in [2.45, 2.75) is 45.1 Å². The Morgan fingerprint density at radius 3 is 2.53 bits per heavy atom. The van der Waals surface area contributed by atoms with E-state index in [4.69, 9.17) is 23.2 Å². The molecule has 0 saturated heterocycles. The molecular weight excluding hydrogens is 277 g/mol. The summed E-state index contributed by atoms with van der Waals surface area (Å²) in [5.41, 5.74) is 1.16. The number of benzene rings is 1. The van der Waals surface area contributed by atoms with Gasteiger partial charge in [-0.05, 0) is 49.8 Å². The number of nitrogens with one attached hydrogen (secondary N) is 1. The van der Waals surface area contributed by atoms with E-state index in [2.05, 4.69) is 25.4 Å². The highest BCUT2D eigenvalue weighted by Gasteiger charge is 2.25. The third kappa shape index (κ3) is 3.87. The van der Waals surface area contributed by atoms with Crippen LogP contribution in [-0.2, 0) is 6.42 Å². The molecule has 1 saturated carbocycles. The first-order chi connectivity index (χ1) is 9.11. The molecule has 0 amide bonds. The van der Waals surface area contributed by atoms with E-state index in [1.54, 1.807) is 0 Å². The average molecular weight is 300 g/mol. The van der Waals surface area contributed by atoms with Crippen LogP contribution in [0.3, 0.4) is 0 Å². The quantitative estimate of drug-likeness (QED) is 0.829. The van der Waals surface area contributed by atoms with Crippen LogP contribution < -0.4 is 5.32 Å². The van der Waals surface area contributed by atoms with Gasteiger partial charge in [0.1, 0.15) is 0 Å². The van der Waals surface area contributed by atoms with E-state index < -0.39 is 0 Å². The summed E-state index contributed by atoms with van der Waals surface area (Å²) in [4.78, 5) is 0. The molecule has 106 valence electrons. The van der Waals surface area contributed by atoms with Crippen LogP contribution in [0.5, 0.6) is 0 Å². The van der Waals surface area contributed by atoms with Crippen molar-refractivity contribution in [3.63, 3.8) is 0 Å². The van der Waals surface area contributed by atoms with E-state index in [1.807, 2.05) is 12.1 Å². The summed E-state index contributed by atoms with van der Waals surface area (Å²) in [6, 6.07) is 6.43. The third-order valence-corrected chi connectivity index (χ3v) is 5.33. The van der Waals surface area contributed by atoms with Crippen molar-refractivity contribution in [1.29, 1.82) is 0 Å². The molecule has 1 aliphatic rings. The van der Waals surface area contributed by atoms with Crippen molar-refractivity contribution in [1.82, 2.24) is 5.32 Å². The Bertz CT molecular complexity index is 411. The smallest absolute Gasteiger partial charge is 0.0624 e. The van der Waals surface area contributed by atoms with E-state index in [9.17, 15) is 0 Å². The van der Waals surface area contributed by atoms with Crippen LogP contribution in [0.1, 0.15) is 38.2 Å². The fourth-order valence-corrected chi connectivity index (χ4v) is 3.53. The highest BCUT2D eigenvalue weighted by molar-refractivity contribution is 6.42. The highest BCUT2D eigenvalue weighted by Crippen LogP contribution is 2.33. The zero-order chi connectivity index (χ0) is 13.8. The summed E-state index contributed by atoms with van der Waals surface area (Å²) in [6.45, 7) is 2.36. The Kier molecular flexibility index (Phi) is 5.56. The van der Waals surface area contributed by atoms with Gasteiger partial charge in [0.15, 0.2) is 0 Å². The monoisotopic (exact) mass is 299 g/mol. The Morgan fingerprint density at radius 2 is 1.89 bits per heavy atom. The van der Waals surface area contributed by atoms with Crippen LogP contribution in [0.4, 0.5) is 0 Å². The van der Waals surface area contributed by atoms with Crippen molar-refractivity contribution in [3.05, 3.63) is 33.8 Å². The van der Waals surface area contributed by atoms with E-state index in [-0.39, 0.29) is 0 Å². The first-order valence-electron chi connectivity index (χ1n) is 7.22. The lowest BCUT2D eigenvalue weighted by molar-refractivity contribution is 0.235. The maximum absolute atomic E-state index is 6.30. The third-order valence-electron chi connectivity index (χ3n) is 4.47. The van der Waals surface area contributed by atoms with Gasteiger partial charge in [0.05, 0.1) is 10.0 Å². The van der Waals surface area contributed by atoms with Gasteiger partial charge in [-0.15, -0.1) is 0 Å².